The van der Waals surface area contributed by atoms with E-state index >= 15 is 0 Å². The van der Waals surface area contributed by atoms with Crippen LogP contribution in [0.25, 0.3) is 0 Å². The highest BCUT2D eigenvalue weighted by Gasteiger charge is 2.70. The van der Waals surface area contributed by atoms with E-state index in [2.05, 4.69) is 61.5 Å². The Morgan fingerprint density at radius 2 is 1.52 bits per heavy atom. The maximum atomic E-state index is 11.9. The molecule has 0 amide bonds. The van der Waals surface area contributed by atoms with Crippen molar-refractivity contribution >= 4 is 0 Å². The maximum Gasteiger partial charge on any atom is 0.0852 e. The van der Waals surface area contributed by atoms with Gasteiger partial charge in [0.2, 0.25) is 0 Å². The fraction of sp³-hybridized carbons (Fsp3) is 0.933. The van der Waals surface area contributed by atoms with Crippen LogP contribution in [-0.4, -0.2) is 33.1 Å². The van der Waals surface area contributed by atoms with Crippen molar-refractivity contribution in [3.05, 3.63) is 11.6 Å². The molecule has 188 valence electrons. The lowest BCUT2D eigenvalue weighted by atomic mass is 9.33. The van der Waals surface area contributed by atoms with E-state index in [1.165, 1.54) is 25.7 Å². The second kappa shape index (κ2) is 6.88. The Bertz CT molecular complexity index is 854. The molecular weight excluding hydrogens is 408 g/mol. The number of aliphatic hydroxyl groups is 3. The maximum absolute atomic E-state index is 11.9. The lowest BCUT2D eigenvalue weighted by Gasteiger charge is -2.72. The van der Waals surface area contributed by atoms with Crippen LogP contribution in [0, 0.1) is 50.7 Å². The van der Waals surface area contributed by atoms with Gasteiger partial charge in [0.25, 0.3) is 0 Å². The van der Waals surface area contributed by atoms with Gasteiger partial charge in [0.1, 0.15) is 0 Å². The molecule has 0 spiro atoms. The van der Waals surface area contributed by atoms with E-state index in [4.69, 9.17) is 0 Å². The van der Waals surface area contributed by atoms with Crippen LogP contribution in [0.5, 0.6) is 0 Å². The van der Waals surface area contributed by atoms with E-state index in [1.54, 1.807) is 5.57 Å². The molecule has 0 radical (unpaired) electrons. The van der Waals surface area contributed by atoms with E-state index in [1.807, 2.05) is 0 Å². The molecule has 0 aromatic rings. The Labute approximate surface area is 202 Å². The van der Waals surface area contributed by atoms with Crippen LogP contribution in [0.3, 0.4) is 0 Å². The molecule has 0 aromatic carbocycles. The quantitative estimate of drug-likeness (QED) is 0.384. The van der Waals surface area contributed by atoms with Gasteiger partial charge in [-0.25, -0.2) is 0 Å². The fourth-order valence-electron chi connectivity index (χ4n) is 11.0. The standard InChI is InChI=1S/C30H50O3/c1-18-11-13-26(4)15-16-28(6)19(23(26)30(18,8)33)9-10-22-27(5)17-20(31)24(32)25(2,3)21(27)12-14-29(22,28)7/h9,18,20-24,31-33H,10-17H2,1-8H3. The van der Waals surface area contributed by atoms with Gasteiger partial charge in [0.15, 0.2) is 0 Å². The van der Waals surface area contributed by atoms with Gasteiger partial charge in [0.05, 0.1) is 17.8 Å². The van der Waals surface area contributed by atoms with Crippen molar-refractivity contribution in [2.75, 3.05) is 0 Å². The molecule has 5 aliphatic rings. The van der Waals surface area contributed by atoms with Crippen LogP contribution in [0.4, 0.5) is 0 Å². The Morgan fingerprint density at radius 1 is 0.848 bits per heavy atom. The molecule has 5 aliphatic carbocycles. The van der Waals surface area contributed by atoms with Gasteiger partial charge in [-0.1, -0.05) is 60.1 Å². The third-order valence-electron chi connectivity index (χ3n) is 13.4. The molecule has 5 rings (SSSR count). The molecule has 4 fully saturated rings. The first-order chi connectivity index (χ1) is 15.1. The van der Waals surface area contributed by atoms with Gasteiger partial charge < -0.3 is 15.3 Å². The number of allylic oxidation sites excluding steroid dienone is 1. The molecule has 0 heterocycles. The number of hydrogen-bond acceptors (Lipinski definition) is 3. The summed E-state index contributed by atoms with van der Waals surface area (Å²) < 4.78 is 0. The van der Waals surface area contributed by atoms with E-state index in [9.17, 15) is 15.3 Å². The minimum atomic E-state index is -0.655. The van der Waals surface area contributed by atoms with Gasteiger partial charge in [-0.3, -0.25) is 0 Å². The van der Waals surface area contributed by atoms with E-state index < -0.39 is 17.8 Å². The molecule has 3 nitrogen and oxygen atoms in total. The topological polar surface area (TPSA) is 60.7 Å². The average Bonchev–Trinajstić information content (AvgIpc) is 2.70. The van der Waals surface area contributed by atoms with Crippen molar-refractivity contribution in [1.82, 2.24) is 0 Å². The van der Waals surface area contributed by atoms with E-state index in [0.717, 1.165) is 19.3 Å². The van der Waals surface area contributed by atoms with E-state index in [-0.39, 0.29) is 33.0 Å². The largest absolute Gasteiger partial charge is 0.390 e. The highest BCUT2D eigenvalue weighted by atomic mass is 16.3. The van der Waals surface area contributed by atoms with Crippen LogP contribution in [0.2, 0.25) is 0 Å². The van der Waals surface area contributed by atoms with Crippen molar-refractivity contribution < 1.29 is 15.3 Å². The summed E-state index contributed by atoms with van der Waals surface area (Å²) in [7, 11) is 0. The van der Waals surface area contributed by atoms with Crippen LogP contribution in [0.15, 0.2) is 11.6 Å². The Kier molecular flexibility index (Phi) is 5.07. The molecule has 0 aliphatic heterocycles. The molecule has 11 atom stereocenters. The van der Waals surface area contributed by atoms with Gasteiger partial charge in [-0.2, -0.15) is 0 Å². The third kappa shape index (κ3) is 2.80. The molecule has 11 unspecified atom stereocenters. The second-order valence-electron chi connectivity index (χ2n) is 15.1. The summed E-state index contributed by atoms with van der Waals surface area (Å²) >= 11 is 0. The van der Waals surface area contributed by atoms with Crippen molar-refractivity contribution in [2.24, 2.45) is 50.7 Å². The summed E-state index contributed by atoms with van der Waals surface area (Å²) in [6, 6.07) is 0. The predicted octanol–water partition coefficient (Wildman–Crippen LogP) is 6.11. The molecule has 0 aromatic heterocycles. The number of aliphatic hydroxyl groups excluding tert-OH is 2. The number of rotatable bonds is 0. The molecule has 3 N–H and O–H groups in total. The molecular formula is C30H50O3. The summed E-state index contributed by atoms with van der Waals surface area (Å²) in [6.07, 6.45) is 10.1. The fourth-order valence-corrected chi connectivity index (χ4v) is 11.0. The summed E-state index contributed by atoms with van der Waals surface area (Å²) in [5, 5.41) is 33.8. The highest BCUT2D eigenvalue weighted by Crippen LogP contribution is 2.75. The van der Waals surface area contributed by atoms with E-state index in [0.29, 0.717) is 24.2 Å². The minimum Gasteiger partial charge on any atom is -0.390 e. The van der Waals surface area contributed by atoms with Crippen LogP contribution in [-0.2, 0) is 0 Å². The molecule has 0 saturated heterocycles. The highest BCUT2D eigenvalue weighted by molar-refractivity contribution is 5.35. The summed E-state index contributed by atoms with van der Waals surface area (Å²) in [5.41, 5.74) is 1.08. The zero-order valence-corrected chi connectivity index (χ0v) is 22.5. The summed E-state index contributed by atoms with van der Waals surface area (Å²) in [6.45, 7) is 18.7. The Hall–Kier alpha value is -0.380. The first-order valence-corrected chi connectivity index (χ1v) is 13.8. The normalized spacial score (nSPS) is 60.0. The second-order valence-corrected chi connectivity index (χ2v) is 15.1. The first-order valence-electron chi connectivity index (χ1n) is 13.8. The SMILES string of the molecule is CC1CCC2(C)CCC3(C)C(=CCC4C5(C)CC(O)C(O)C(C)(C)C5CCC43C)C2C1(C)O. The van der Waals surface area contributed by atoms with Crippen LogP contribution < -0.4 is 0 Å². The van der Waals surface area contributed by atoms with Gasteiger partial charge in [-0.05, 0) is 103 Å². The van der Waals surface area contributed by atoms with Gasteiger partial charge in [0, 0.05) is 5.92 Å². The minimum absolute atomic E-state index is 0.0172. The molecule has 0 bridgehead atoms. The average molecular weight is 459 g/mol. The Morgan fingerprint density at radius 3 is 2.18 bits per heavy atom. The van der Waals surface area contributed by atoms with Crippen molar-refractivity contribution in [3.8, 4) is 0 Å². The van der Waals surface area contributed by atoms with Gasteiger partial charge in [-0.15, -0.1) is 0 Å². The molecule has 4 saturated carbocycles. The molecule has 3 heteroatoms. The van der Waals surface area contributed by atoms with Crippen LogP contribution >= 0.6 is 0 Å². The lowest BCUT2D eigenvalue weighted by molar-refractivity contribution is -0.235. The number of fused-ring (bicyclic) bond motifs is 7. The van der Waals surface area contributed by atoms with Crippen molar-refractivity contribution in [2.45, 2.75) is 125 Å². The summed E-state index contributed by atoms with van der Waals surface area (Å²) in [5.74, 6) is 1.49. The zero-order valence-electron chi connectivity index (χ0n) is 22.5. The van der Waals surface area contributed by atoms with Gasteiger partial charge >= 0.3 is 0 Å². The number of hydrogen-bond donors (Lipinski definition) is 3. The van der Waals surface area contributed by atoms with Crippen LogP contribution in [0.1, 0.15) is 107 Å². The van der Waals surface area contributed by atoms with Crippen molar-refractivity contribution in [1.29, 1.82) is 0 Å². The first kappa shape index (κ1) is 24.3. The van der Waals surface area contributed by atoms with Crippen molar-refractivity contribution in [3.63, 3.8) is 0 Å². The third-order valence-corrected chi connectivity index (χ3v) is 13.4. The molecule has 33 heavy (non-hydrogen) atoms. The predicted molar refractivity (Wildman–Crippen MR) is 133 cm³/mol. The zero-order chi connectivity index (χ0) is 24.4. The summed E-state index contributed by atoms with van der Waals surface area (Å²) in [4.78, 5) is 0. The smallest absolute Gasteiger partial charge is 0.0852 e. The lowest BCUT2D eigenvalue weighted by Crippen LogP contribution is -2.67. The Balaban J connectivity index is 1.62. The monoisotopic (exact) mass is 458 g/mol.